The van der Waals surface area contributed by atoms with E-state index in [4.69, 9.17) is 11.6 Å². The Hall–Kier alpha value is -0.570. The van der Waals surface area contributed by atoms with Crippen molar-refractivity contribution < 1.29 is 0 Å². The molecule has 88 valence electrons. The van der Waals surface area contributed by atoms with Crippen molar-refractivity contribution in [1.82, 2.24) is 10.2 Å². The van der Waals surface area contributed by atoms with E-state index in [1.807, 2.05) is 12.1 Å². The zero-order valence-corrected chi connectivity index (χ0v) is 10.7. The van der Waals surface area contributed by atoms with Crippen LogP contribution >= 0.6 is 11.6 Å². The fourth-order valence-electron chi connectivity index (χ4n) is 2.42. The topological polar surface area (TPSA) is 15.3 Å². The highest BCUT2D eigenvalue weighted by Gasteiger charge is 2.24. The highest BCUT2D eigenvalue weighted by Crippen LogP contribution is 2.28. The molecule has 2 rings (SSSR count). The van der Waals surface area contributed by atoms with E-state index in [9.17, 15) is 0 Å². The van der Waals surface area contributed by atoms with Gasteiger partial charge in [0.2, 0.25) is 0 Å². The van der Waals surface area contributed by atoms with Crippen LogP contribution in [0, 0.1) is 0 Å². The number of hydrogen-bond donors (Lipinski definition) is 1. The van der Waals surface area contributed by atoms with Crippen LogP contribution in [0.1, 0.15) is 25.5 Å². The maximum absolute atomic E-state index is 6.24. The molecule has 0 spiro atoms. The van der Waals surface area contributed by atoms with Gasteiger partial charge in [0, 0.05) is 36.7 Å². The molecule has 2 unspecified atom stereocenters. The first kappa shape index (κ1) is 11.9. The summed E-state index contributed by atoms with van der Waals surface area (Å²) in [5.41, 5.74) is 1.23. The summed E-state index contributed by atoms with van der Waals surface area (Å²) in [5, 5.41) is 4.29. The van der Waals surface area contributed by atoms with Crippen LogP contribution in [0.5, 0.6) is 0 Å². The summed E-state index contributed by atoms with van der Waals surface area (Å²) in [5.74, 6) is 0. The molecule has 16 heavy (non-hydrogen) atoms. The van der Waals surface area contributed by atoms with Crippen LogP contribution in [0.2, 0.25) is 5.02 Å². The largest absolute Gasteiger partial charge is 0.314 e. The Morgan fingerprint density at radius 1 is 1.44 bits per heavy atom. The van der Waals surface area contributed by atoms with Crippen molar-refractivity contribution in [1.29, 1.82) is 0 Å². The lowest BCUT2D eigenvalue weighted by Gasteiger charge is -2.38. The summed E-state index contributed by atoms with van der Waals surface area (Å²) in [6, 6.07) is 9.11. The third-order valence-corrected chi connectivity index (χ3v) is 3.75. The van der Waals surface area contributed by atoms with Crippen molar-refractivity contribution in [2.45, 2.75) is 25.9 Å². The Labute approximate surface area is 103 Å². The Balaban J connectivity index is 2.17. The molecule has 0 saturated carbocycles. The quantitative estimate of drug-likeness (QED) is 0.853. The van der Waals surface area contributed by atoms with Crippen molar-refractivity contribution in [3.63, 3.8) is 0 Å². The first-order chi connectivity index (χ1) is 7.70. The monoisotopic (exact) mass is 238 g/mol. The molecule has 3 heteroatoms. The summed E-state index contributed by atoms with van der Waals surface area (Å²) < 4.78 is 0. The number of nitrogens with one attached hydrogen (secondary N) is 1. The Bertz CT molecular complexity index is 354. The van der Waals surface area contributed by atoms with E-state index < -0.39 is 0 Å². The summed E-state index contributed by atoms with van der Waals surface area (Å²) in [7, 11) is 0. The third-order valence-electron chi connectivity index (χ3n) is 3.41. The average Bonchev–Trinajstić information content (AvgIpc) is 2.29. The van der Waals surface area contributed by atoms with E-state index in [-0.39, 0.29) is 0 Å². The van der Waals surface area contributed by atoms with Gasteiger partial charge in [0.05, 0.1) is 0 Å². The van der Waals surface area contributed by atoms with E-state index >= 15 is 0 Å². The first-order valence-electron chi connectivity index (χ1n) is 5.91. The second-order valence-corrected chi connectivity index (χ2v) is 4.90. The molecule has 0 bridgehead atoms. The lowest BCUT2D eigenvalue weighted by molar-refractivity contribution is 0.126. The molecule has 1 aromatic rings. The van der Waals surface area contributed by atoms with Crippen LogP contribution in [-0.4, -0.2) is 30.6 Å². The van der Waals surface area contributed by atoms with Gasteiger partial charge in [0.1, 0.15) is 0 Å². The minimum absolute atomic E-state index is 0.394. The number of rotatable bonds is 2. The summed E-state index contributed by atoms with van der Waals surface area (Å²) in [6.07, 6.45) is 0. The number of hydrogen-bond acceptors (Lipinski definition) is 2. The predicted octanol–water partition coefficient (Wildman–Crippen LogP) is 2.69. The van der Waals surface area contributed by atoms with Crippen LogP contribution in [0.25, 0.3) is 0 Å². The van der Waals surface area contributed by atoms with Crippen LogP contribution in [0.15, 0.2) is 24.3 Å². The smallest absolute Gasteiger partial charge is 0.0453 e. The summed E-state index contributed by atoms with van der Waals surface area (Å²) >= 11 is 6.24. The van der Waals surface area contributed by atoms with Crippen molar-refractivity contribution in [3.05, 3.63) is 34.9 Å². The molecule has 0 aromatic heterocycles. The van der Waals surface area contributed by atoms with Crippen molar-refractivity contribution in [2.24, 2.45) is 0 Å². The van der Waals surface area contributed by atoms with Crippen molar-refractivity contribution in [3.8, 4) is 0 Å². The summed E-state index contributed by atoms with van der Waals surface area (Å²) in [6.45, 7) is 7.73. The molecule has 2 atom stereocenters. The van der Waals surface area contributed by atoms with E-state index in [1.165, 1.54) is 5.56 Å². The first-order valence-corrected chi connectivity index (χ1v) is 6.29. The predicted molar refractivity (Wildman–Crippen MR) is 68.9 cm³/mol. The Morgan fingerprint density at radius 3 is 2.88 bits per heavy atom. The maximum Gasteiger partial charge on any atom is 0.0453 e. The molecule has 0 aliphatic carbocycles. The molecule has 0 amide bonds. The molecule has 1 N–H and O–H groups in total. The van der Waals surface area contributed by atoms with E-state index in [1.54, 1.807) is 0 Å². The molecule has 1 saturated heterocycles. The second-order valence-electron chi connectivity index (χ2n) is 4.49. The molecule has 1 aliphatic heterocycles. The number of piperazine rings is 1. The zero-order valence-electron chi connectivity index (χ0n) is 9.91. The van der Waals surface area contributed by atoms with Gasteiger partial charge in [-0.15, -0.1) is 0 Å². The van der Waals surface area contributed by atoms with Gasteiger partial charge >= 0.3 is 0 Å². The molecule has 0 radical (unpaired) electrons. The van der Waals surface area contributed by atoms with Gasteiger partial charge < -0.3 is 5.32 Å². The molecule has 1 aromatic carbocycles. The molecule has 1 aliphatic rings. The van der Waals surface area contributed by atoms with Crippen LogP contribution in [0.4, 0.5) is 0 Å². The van der Waals surface area contributed by atoms with Gasteiger partial charge in [-0.3, -0.25) is 4.90 Å². The lowest BCUT2D eigenvalue weighted by atomic mass is 10.0. The van der Waals surface area contributed by atoms with Crippen LogP contribution in [0.3, 0.4) is 0 Å². The molecule has 1 fully saturated rings. The molecule has 1 heterocycles. The van der Waals surface area contributed by atoms with E-state index in [0.29, 0.717) is 12.1 Å². The Morgan fingerprint density at radius 2 is 2.19 bits per heavy atom. The summed E-state index contributed by atoms with van der Waals surface area (Å²) in [4.78, 5) is 2.51. The second kappa shape index (κ2) is 5.17. The van der Waals surface area contributed by atoms with E-state index in [2.05, 4.69) is 36.2 Å². The van der Waals surface area contributed by atoms with Crippen molar-refractivity contribution >= 4 is 11.6 Å². The highest BCUT2D eigenvalue weighted by molar-refractivity contribution is 6.31. The van der Waals surface area contributed by atoms with Gasteiger partial charge in [-0.2, -0.15) is 0 Å². The zero-order chi connectivity index (χ0) is 11.5. The number of halogens is 1. The standard InChI is InChI=1S/C13H19ClN2/c1-10-9-15-7-8-16(10)11(2)12-5-3-4-6-13(12)14/h3-6,10-11,15H,7-9H2,1-2H3. The van der Waals surface area contributed by atoms with Crippen molar-refractivity contribution in [2.75, 3.05) is 19.6 Å². The fourth-order valence-corrected chi connectivity index (χ4v) is 2.72. The minimum Gasteiger partial charge on any atom is -0.314 e. The SMILES string of the molecule is CC1CNCCN1C(C)c1ccccc1Cl. The van der Waals surface area contributed by atoms with Crippen LogP contribution < -0.4 is 5.32 Å². The van der Waals surface area contributed by atoms with Gasteiger partial charge in [0.25, 0.3) is 0 Å². The number of benzene rings is 1. The van der Waals surface area contributed by atoms with Crippen LogP contribution in [-0.2, 0) is 0 Å². The lowest BCUT2D eigenvalue weighted by Crippen LogP contribution is -2.50. The maximum atomic E-state index is 6.24. The minimum atomic E-state index is 0.394. The third kappa shape index (κ3) is 2.40. The number of nitrogens with zero attached hydrogens (tertiary/aromatic N) is 1. The van der Waals surface area contributed by atoms with E-state index in [0.717, 1.165) is 24.7 Å². The average molecular weight is 239 g/mol. The highest BCUT2D eigenvalue weighted by atomic mass is 35.5. The Kier molecular flexibility index (Phi) is 3.85. The van der Waals surface area contributed by atoms with Gasteiger partial charge in [-0.25, -0.2) is 0 Å². The molecular weight excluding hydrogens is 220 g/mol. The normalized spacial score (nSPS) is 24.3. The van der Waals surface area contributed by atoms with Gasteiger partial charge in [-0.1, -0.05) is 29.8 Å². The molecule has 2 nitrogen and oxygen atoms in total. The fraction of sp³-hybridized carbons (Fsp3) is 0.538. The molecular formula is C13H19ClN2. The van der Waals surface area contributed by atoms with Gasteiger partial charge in [-0.05, 0) is 25.5 Å². The van der Waals surface area contributed by atoms with Gasteiger partial charge in [0.15, 0.2) is 0 Å².